The minimum atomic E-state index is 0.304. The summed E-state index contributed by atoms with van der Waals surface area (Å²) < 4.78 is 0. The number of aryl methyl sites for hydroxylation is 1. The van der Waals surface area contributed by atoms with Crippen LogP contribution in [-0.2, 0) is 6.42 Å². The fraction of sp³-hybridized carbons (Fsp3) is 0.632. The van der Waals surface area contributed by atoms with Gasteiger partial charge in [0.15, 0.2) is 0 Å². The van der Waals surface area contributed by atoms with Gasteiger partial charge in [0.05, 0.1) is 0 Å². The molecule has 3 nitrogen and oxygen atoms in total. The lowest BCUT2D eigenvalue weighted by atomic mass is 9.55. The minimum absolute atomic E-state index is 0.304. The monoisotopic (exact) mass is 298 g/mol. The van der Waals surface area contributed by atoms with E-state index in [9.17, 15) is 5.11 Å². The highest BCUT2D eigenvalue weighted by Gasteiger charge is 2.53. The molecule has 0 saturated heterocycles. The second-order valence-corrected chi connectivity index (χ2v) is 7.58. The van der Waals surface area contributed by atoms with Crippen molar-refractivity contribution in [1.82, 2.24) is 5.43 Å². The van der Waals surface area contributed by atoms with Crippen LogP contribution in [0, 0.1) is 17.3 Å². The number of hydrogen-bond donors (Lipinski definition) is 2. The van der Waals surface area contributed by atoms with Crippen molar-refractivity contribution in [2.24, 2.45) is 22.4 Å². The number of benzene rings is 1. The number of phenols is 1. The minimum Gasteiger partial charge on any atom is -0.508 e. The molecule has 0 radical (unpaired) electrons. The number of nitrogens with one attached hydrogen (secondary N) is 1. The first-order valence-corrected chi connectivity index (χ1v) is 8.69. The molecule has 0 heterocycles. The molecule has 4 rings (SSSR count). The molecule has 0 spiro atoms. The van der Waals surface area contributed by atoms with Crippen LogP contribution < -0.4 is 5.43 Å². The smallest absolute Gasteiger partial charge is 0.115 e. The molecule has 0 aliphatic heterocycles. The molecule has 3 aliphatic rings. The number of nitrogens with zero attached hydrogens (tertiary/aromatic N) is 1. The number of fused-ring (bicyclic) bond motifs is 5. The molecular formula is C19H26N2O. The summed E-state index contributed by atoms with van der Waals surface area (Å²) >= 11 is 0. The van der Waals surface area contributed by atoms with Crippen molar-refractivity contribution in [2.45, 2.75) is 51.4 Å². The topological polar surface area (TPSA) is 44.6 Å². The zero-order valence-electron chi connectivity index (χ0n) is 13.6. The highest BCUT2D eigenvalue weighted by molar-refractivity contribution is 5.92. The van der Waals surface area contributed by atoms with Gasteiger partial charge in [-0.25, -0.2) is 0 Å². The average Bonchev–Trinajstić information content (AvgIpc) is 2.84. The number of hydrazone groups is 1. The Morgan fingerprint density at radius 2 is 2.09 bits per heavy atom. The largest absolute Gasteiger partial charge is 0.508 e. The lowest BCUT2D eigenvalue weighted by Gasteiger charge is -2.49. The van der Waals surface area contributed by atoms with Crippen LogP contribution in [0.3, 0.4) is 0 Å². The maximum atomic E-state index is 9.75. The van der Waals surface area contributed by atoms with E-state index in [4.69, 9.17) is 0 Å². The van der Waals surface area contributed by atoms with Crippen LogP contribution in [0.25, 0.3) is 0 Å². The van der Waals surface area contributed by atoms with Gasteiger partial charge in [-0.3, -0.25) is 0 Å². The van der Waals surface area contributed by atoms with E-state index in [0.717, 1.165) is 24.7 Å². The van der Waals surface area contributed by atoms with Gasteiger partial charge in [0.1, 0.15) is 5.75 Å². The molecule has 0 amide bonds. The van der Waals surface area contributed by atoms with E-state index in [0.29, 0.717) is 17.1 Å². The first kappa shape index (κ1) is 14.1. The molecule has 3 aliphatic carbocycles. The SMILES string of the molecule is CN/N=C1/CC[C@@H]2[C@@H]3CCc4cc(O)ccc4[C@H]3CC[C@@]12C. The molecule has 3 heteroatoms. The normalized spacial score (nSPS) is 38.3. The molecule has 1 aromatic carbocycles. The van der Waals surface area contributed by atoms with E-state index in [2.05, 4.69) is 23.5 Å². The Hall–Kier alpha value is -1.51. The quantitative estimate of drug-likeness (QED) is 0.774. The van der Waals surface area contributed by atoms with Crippen molar-refractivity contribution < 1.29 is 5.11 Å². The second-order valence-electron chi connectivity index (χ2n) is 7.58. The summed E-state index contributed by atoms with van der Waals surface area (Å²) in [6.45, 7) is 2.45. The molecule has 2 N–H and O–H groups in total. The van der Waals surface area contributed by atoms with Gasteiger partial charge in [0, 0.05) is 18.2 Å². The first-order valence-electron chi connectivity index (χ1n) is 8.69. The van der Waals surface area contributed by atoms with E-state index in [1.165, 1.54) is 42.5 Å². The Morgan fingerprint density at radius 3 is 2.91 bits per heavy atom. The summed E-state index contributed by atoms with van der Waals surface area (Å²) in [5.41, 5.74) is 7.62. The molecule has 0 unspecified atom stereocenters. The van der Waals surface area contributed by atoms with Gasteiger partial charge in [0.25, 0.3) is 0 Å². The fourth-order valence-corrected chi connectivity index (χ4v) is 5.68. The third-order valence-electron chi connectivity index (χ3n) is 6.70. The lowest BCUT2D eigenvalue weighted by Crippen LogP contribution is -2.42. The fourth-order valence-electron chi connectivity index (χ4n) is 5.68. The number of hydrogen-bond acceptors (Lipinski definition) is 3. The number of rotatable bonds is 1. The Morgan fingerprint density at radius 1 is 1.23 bits per heavy atom. The number of phenolic OH excluding ortho intramolecular Hbond substituents is 1. The third kappa shape index (κ3) is 1.90. The molecule has 2 saturated carbocycles. The van der Waals surface area contributed by atoms with Crippen molar-refractivity contribution in [3.05, 3.63) is 29.3 Å². The molecular weight excluding hydrogens is 272 g/mol. The Bertz CT molecular complexity index is 624. The Labute approximate surface area is 132 Å². The second kappa shape index (κ2) is 5.00. The van der Waals surface area contributed by atoms with E-state index >= 15 is 0 Å². The maximum Gasteiger partial charge on any atom is 0.115 e. The van der Waals surface area contributed by atoms with Crippen molar-refractivity contribution in [1.29, 1.82) is 0 Å². The molecule has 2 fully saturated rings. The predicted octanol–water partition coefficient (Wildman–Crippen LogP) is 3.82. The van der Waals surface area contributed by atoms with Crippen LogP contribution in [0.2, 0.25) is 0 Å². The Kier molecular flexibility index (Phi) is 3.21. The van der Waals surface area contributed by atoms with Gasteiger partial charge in [-0.15, -0.1) is 0 Å². The summed E-state index contributed by atoms with van der Waals surface area (Å²) in [5.74, 6) is 2.68. The highest BCUT2D eigenvalue weighted by Crippen LogP contribution is 2.59. The summed E-state index contributed by atoms with van der Waals surface area (Å²) in [4.78, 5) is 0. The number of aromatic hydroxyl groups is 1. The van der Waals surface area contributed by atoms with Gasteiger partial charge in [-0.2, -0.15) is 5.10 Å². The van der Waals surface area contributed by atoms with Crippen LogP contribution in [0.15, 0.2) is 23.3 Å². The van der Waals surface area contributed by atoms with Gasteiger partial charge >= 0.3 is 0 Å². The standard InChI is InChI=1S/C19H26N2O/c1-19-10-9-15-14-6-4-13(22)11-12(14)3-5-16(15)17(19)7-8-18(19)21-20-2/h4,6,11,15-17,20,22H,3,5,7-10H2,1-2H3/b21-18-/t15-,16-,17-,19-/m1/s1. The van der Waals surface area contributed by atoms with Gasteiger partial charge in [-0.05, 0) is 79.5 Å². The molecule has 22 heavy (non-hydrogen) atoms. The van der Waals surface area contributed by atoms with Gasteiger partial charge in [0.2, 0.25) is 0 Å². The van der Waals surface area contributed by atoms with Gasteiger partial charge in [-0.1, -0.05) is 13.0 Å². The predicted molar refractivity (Wildman–Crippen MR) is 89.2 cm³/mol. The molecule has 0 aromatic heterocycles. The van der Waals surface area contributed by atoms with Crippen molar-refractivity contribution in [3.8, 4) is 5.75 Å². The van der Waals surface area contributed by atoms with Crippen molar-refractivity contribution in [3.63, 3.8) is 0 Å². The van der Waals surface area contributed by atoms with E-state index in [1.54, 1.807) is 0 Å². The first-order chi connectivity index (χ1) is 10.6. The summed E-state index contributed by atoms with van der Waals surface area (Å²) in [6, 6.07) is 6.04. The third-order valence-corrected chi connectivity index (χ3v) is 6.70. The van der Waals surface area contributed by atoms with Crippen molar-refractivity contribution >= 4 is 5.71 Å². The van der Waals surface area contributed by atoms with E-state index in [1.807, 2.05) is 19.2 Å². The summed E-state index contributed by atoms with van der Waals surface area (Å²) in [5, 5.41) is 14.4. The zero-order chi connectivity index (χ0) is 15.3. The summed E-state index contributed by atoms with van der Waals surface area (Å²) in [7, 11) is 1.92. The lowest BCUT2D eigenvalue weighted by molar-refractivity contribution is 0.0954. The molecule has 118 valence electrons. The summed E-state index contributed by atoms with van der Waals surface area (Å²) in [6.07, 6.45) is 7.36. The maximum absolute atomic E-state index is 9.75. The van der Waals surface area contributed by atoms with Crippen LogP contribution >= 0.6 is 0 Å². The van der Waals surface area contributed by atoms with Crippen molar-refractivity contribution in [2.75, 3.05) is 7.05 Å². The Balaban J connectivity index is 1.69. The highest BCUT2D eigenvalue weighted by atomic mass is 16.3. The van der Waals surface area contributed by atoms with Crippen LogP contribution in [-0.4, -0.2) is 17.9 Å². The molecule has 0 bridgehead atoms. The van der Waals surface area contributed by atoms with E-state index < -0.39 is 0 Å². The van der Waals surface area contributed by atoms with Crippen LogP contribution in [0.5, 0.6) is 5.75 Å². The van der Waals surface area contributed by atoms with Crippen LogP contribution in [0.1, 0.15) is 56.1 Å². The van der Waals surface area contributed by atoms with E-state index in [-0.39, 0.29) is 0 Å². The molecule has 1 aromatic rings. The molecule has 4 atom stereocenters. The van der Waals surface area contributed by atoms with Crippen LogP contribution in [0.4, 0.5) is 0 Å². The average molecular weight is 298 g/mol. The zero-order valence-corrected chi connectivity index (χ0v) is 13.6. The van der Waals surface area contributed by atoms with Gasteiger partial charge < -0.3 is 10.5 Å².